The predicted octanol–water partition coefficient (Wildman–Crippen LogP) is 2.51. The van der Waals surface area contributed by atoms with E-state index >= 15 is 0 Å². The molecule has 0 radical (unpaired) electrons. The summed E-state index contributed by atoms with van der Waals surface area (Å²) in [6.45, 7) is 6.17. The number of amides is 2. The molecule has 3 aliphatic rings. The van der Waals surface area contributed by atoms with Gasteiger partial charge >= 0.3 is 0 Å². The average molecular weight is 703 g/mol. The summed E-state index contributed by atoms with van der Waals surface area (Å²) in [6, 6.07) is 11.9. The van der Waals surface area contributed by atoms with Crippen molar-refractivity contribution in [1.82, 2.24) is 14.5 Å². The predicted molar refractivity (Wildman–Crippen MR) is 177 cm³/mol. The summed E-state index contributed by atoms with van der Waals surface area (Å²) >= 11 is 0. The maximum atomic E-state index is 14.4. The van der Waals surface area contributed by atoms with Gasteiger partial charge in [0.1, 0.15) is 6.09 Å². The Balaban J connectivity index is 1.43. The Kier molecular flexibility index (Phi) is 12.1. The Labute approximate surface area is 288 Å². The van der Waals surface area contributed by atoms with Gasteiger partial charge in [0.25, 0.3) is 0 Å². The second kappa shape index (κ2) is 16.1. The Bertz CT molecular complexity index is 1540. The first-order valence-corrected chi connectivity index (χ1v) is 18.4. The molecule has 2 N–H and O–H groups in total. The fraction of sp³-hybridized carbons (Fsp3) is 0.600. The van der Waals surface area contributed by atoms with Crippen molar-refractivity contribution < 1.29 is 47.2 Å². The molecule has 0 bridgehead atoms. The third kappa shape index (κ3) is 9.23. The van der Waals surface area contributed by atoms with E-state index < -0.39 is 46.0 Å². The molecule has 3 aliphatic heterocycles. The van der Waals surface area contributed by atoms with E-state index in [9.17, 15) is 28.2 Å². The van der Waals surface area contributed by atoms with Crippen molar-refractivity contribution in [3.05, 3.63) is 54.1 Å². The second-order valence-corrected chi connectivity index (χ2v) is 15.8. The number of rotatable bonds is 17. The Morgan fingerprint density at radius 1 is 1.06 bits per heavy atom. The number of carbonyl (C=O) groups is 2. The first-order chi connectivity index (χ1) is 23.4. The molecule has 5 atom stereocenters. The van der Waals surface area contributed by atoms with E-state index in [1.165, 1.54) is 23.4 Å². The number of fused-ring (bicyclic) bond motifs is 2. The quantitative estimate of drug-likeness (QED) is 0.234. The number of hydrogen-bond donors (Lipinski definition) is 2. The molecule has 2 saturated heterocycles. The molecule has 49 heavy (non-hydrogen) atoms. The van der Waals surface area contributed by atoms with Crippen LogP contribution in [-0.4, -0.2) is 98.8 Å². The van der Waals surface area contributed by atoms with Crippen LogP contribution in [0.1, 0.15) is 58.4 Å². The van der Waals surface area contributed by atoms with Gasteiger partial charge in [-0.15, -0.1) is 0 Å². The normalized spacial score (nSPS) is 21.4. The van der Waals surface area contributed by atoms with Gasteiger partial charge in [0, 0.05) is 38.5 Å². The van der Waals surface area contributed by atoms with Gasteiger partial charge in [-0.25, -0.2) is 8.42 Å². The Morgan fingerprint density at radius 2 is 1.82 bits per heavy atom. The van der Waals surface area contributed by atoms with Gasteiger partial charge in [-0.1, -0.05) is 57.0 Å². The van der Waals surface area contributed by atoms with Crippen LogP contribution in [0.3, 0.4) is 0 Å². The van der Waals surface area contributed by atoms with E-state index in [0.717, 1.165) is 29.7 Å². The first-order valence-electron chi connectivity index (χ1n) is 16.9. The number of benzene rings is 2. The van der Waals surface area contributed by atoms with Gasteiger partial charge in [0.15, 0.2) is 17.8 Å². The summed E-state index contributed by atoms with van der Waals surface area (Å²) in [4.78, 5) is 25.3. The molecular weight excluding hydrogens is 654 g/mol. The molecule has 5 rings (SSSR count). The molecule has 2 amide bonds. The van der Waals surface area contributed by atoms with Gasteiger partial charge in [-0.05, 0) is 48.8 Å². The molecule has 0 saturated carbocycles. The highest BCUT2D eigenvalue weighted by Gasteiger charge is 2.47. The van der Waals surface area contributed by atoms with Crippen molar-refractivity contribution in [3.63, 3.8) is 0 Å². The minimum atomic E-state index is -4.22. The third-order valence-electron chi connectivity index (χ3n) is 9.55. The van der Waals surface area contributed by atoms with Gasteiger partial charge in [-0.3, -0.25) is 4.79 Å². The van der Waals surface area contributed by atoms with Crippen LogP contribution in [0.25, 0.3) is 0 Å². The van der Waals surface area contributed by atoms with Crippen LogP contribution < -0.4 is 19.9 Å². The van der Waals surface area contributed by atoms with Crippen molar-refractivity contribution in [2.24, 2.45) is 11.3 Å². The molecule has 0 unspecified atom stereocenters. The number of hydrogen-bond acceptors (Lipinski definition) is 10. The highest BCUT2D eigenvalue weighted by Crippen LogP contribution is 2.38. The van der Waals surface area contributed by atoms with Gasteiger partial charge in [0.2, 0.25) is 22.7 Å². The van der Waals surface area contributed by atoms with Crippen LogP contribution in [-0.2, 0) is 30.7 Å². The lowest BCUT2D eigenvalue weighted by Crippen LogP contribution is -2.61. The van der Waals surface area contributed by atoms with E-state index in [-0.39, 0.29) is 49.6 Å². The van der Waals surface area contributed by atoms with Crippen LogP contribution in [0.15, 0.2) is 53.4 Å². The van der Waals surface area contributed by atoms with Crippen LogP contribution in [0.4, 0.5) is 4.79 Å². The van der Waals surface area contributed by atoms with E-state index in [2.05, 4.69) is 5.32 Å². The molecule has 270 valence electrons. The van der Waals surface area contributed by atoms with Crippen LogP contribution in [0.2, 0.25) is 0 Å². The monoisotopic (exact) mass is 702 g/mol. The van der Waals surface area contributed by atoms with Crippen LogP contribution in [0, 0.1) is 11.3 Å². The largest absolute Gasteiger partial charge is 0.530 e. The smallest absolute Gasteiger partial charge is 0.243 e. The zero-order valence-electron chi connectivity index (χ0n) is 28.4. The van der Waals surface area contributed by atoms with Crippen molar-refractivity contribution in [2.45, 2.75) is 88.7 Å². The topological polar surface area (TPSA) is 167 Å². The van der Waals surface area contributed by atoms with E-state index in [1.807, 2.05) is 44.2 Å². The summed E-state index contributed by atoms with van der Waals surface area (Å²) in [5.41, 5.74) is 0.258. The van der Waals surface area contributed by atoms with Crippen LogP contribution >= 0.6 is 0 Å². The Hall–Kier alpha value is -3.43. The highest BCUT2D eigenvalue weighted by atomic mass is 32.2. The molecule has 0 spiro atoms. The second-order valence-electron chi connectivity index (χ2n) is 13.9. The lowest BCUT2D eigenvalue weighted by atomic mass is 9.86. The standard InChI is InChI=1S/C35H49N3O10S/c1-24(39)36-16-9-5-8-15-35(2,3)22-37(49(43,44)26-12-13-31-32(19-26)48-23-47-31)20-30(40)28(18-25-10-6-4-7-11-25)38(34(41)42)29-21-46-33-27(29)14-17-45-33/h4,6-7,10-13,19,27-30,33,40H,5,8-9,14-18,20-23H2,1-3H3,(H,36,39)(H,41,42)/p-1/t27-,28-,29-,30+,33+/m0/s1. The molecule has 0 aliphatic carbocycles. The molecule has 2 aromatic rings. The lowest BCUT2D eigenvalue weighted by Gasteiger charge is -2.43. The van der Waals surface area contributed by atoms with Gasteiger partial charge < -0.3 is 44.2 Å². The molecule has 2 fully saturated rings. The summed E-state index contributed by atoms with van der Waals surface area (Å²) in [7, 11) is -4.22. The SMILES string of the molecule is CC(=O)NCCCCCC(C)(C)CN(C[C@@H](O)[C@H](Cc1ccccc1)N(C(=O)[O-])[C@H]1CO[C@H]2OCC[C@H]21)S(=O)(=O)c1ccc2c(c1)OCO2. The molecule has 3 heterocycles. The first kappa shape index (κ1) is 36.8. The number of sulfonamides is 1. The minimum Gasteiger partial charge on any atom is -0.530 e. The average Bonchev–Trinajstić information content (AvgIpc) is 3.80. The fourth-order valence-corrected chi connectivity index (χ4v) is 8.67. The third-order valence-corrected chi connectivity index (χ3v) is 11.4. The number of unbranched alkanes of at least 4 members (excludes halogenated alkanes) is 2. The highest BCUT2D eigenvalue weighted by molar-refractivity contribution is 7.89. The molecule has 13 nitrogen and oxygen atoms in total. The Morgan fingerprint density at radius 3 is 2.55 bits per heavy atom. The van der Waals surface area contributed by atoms with E-state index in [4.69, 9.17) is 18.9 Å². The maximum absolute atomic E-state index is 14.4. The number of aliphatic hydroxyl groups is 1. The summed E-state index contributed by atoms with van der Waals surface area (Å²) in [5, 5.41) is 27.8. The van der Waals surface area contributed by atoms with E-state index in [0.29, 0.717) is 37.5 Å². The van der Waals surface area contributed by atoms with E-state index in [1.54, 1.807) is 6.07 Å². The van der Waals surface area contributed by atoms with Crippen molar-refractivity contribution in [1.29, 1.82) is 0 Å². The molecule has 14 heteroatoms. The number of carbonyl (C=O) groups excluding carboxylic acids is 2. The van der Waals surface area contributed by atoms with Crippen molar-refractivity contribution >= 4 is 22.0 Å². The fourth-order valence-electron chi connectivity index (χ4n) is 7.01. The summed E-state index contributed by atoms with van der Waals surface area (Å²) < 4.78 is 52.4. The van der Waals surface area contributed by atoms with Gasteiger partial charge in [0.05, 0.1) is 36.3 Å². The summed E-state index contributed by atoms with van der Waals surface area (Å²) in [5.74, 6) is 0.426. The maximum Gasteiger partial charge on any atom is 0.243 e. The van der Waals surface area contributed by atoms with Gasteiger partial charge in [-0.2, -0.15) is 4.31 Å². The number of ether oxygens (including phenoxy) is 4. The number of nitrogens with one attached hydrogen (secondary N) is 1. The number of carboxylic acid groups (broad SMARTS) is 1. The van der Waals surface area contributed by atoms with Crippen LogP contribution in [0.5, 0.6) is 11.5 Å². The number of aliphatic hydroxyl groups excluding tert-OH is 1. The summed E-state index contributed by atoms with van der Waals surface area (Å²) in [6.07, 6.45) is 0.399. The van der Waals surface area contributed by atoms with Crippen molar-refractivity contribution in [3.8, 4) is 11.5 Å². The zero-order chi connectivity index (χ0) is 35.2. The molecular formula is C35H48N3O10S-. The number of nitrogens with zero attached hydrogens (tertiary/aromatic N) is 2. The zero-order valence-corrected chi connectivity index (χ0v) is 29.2. The van der Waals surface area contributed by atoms with Crippen molar-refractivity contribution in [2.75, 3.05) is 39.6 Å². The minimum absolute atomic E-state index is 0.0196. The lowest BCUT2D eigenvalue weighted by molar-refractivity contribution is -0.273. The molecule has 2 aromatic carbocycles. The molecule has 0 aromatic heterocycles.